The van der Waals surface area contributed by atoms with Gasteiger partial charge in [-0.3, -0.25) is 0 Å². The first-order valence-corrected chi connectivity index (χ1v) is 9.14. The van der Waals surface area contributed by atoms with Gasteiger partial charge < -0.3 is 4.43 Å². The SMILES string of the molecule is C=CC1=CC(O[Si](C)(C)C)CC(C)(C)C1. The summed E-state index contributed by atoms with van der Waals surface area (Å²) in [6.45, 7) is 15.2. The van der Waals surface area contributed by atoms with E-state index >= 15 is 0 Å². The van der Waals surface area contributed by atoms with Gasteiger partial charge in [-0.1, -0.05) is 32.6 Å². The summed E-state index contributed by atoms with van der Waals surface area (Å²) in [6, 6.07) is 0. The Morgan fingerprint density at radius 2 is 2.07 bits per heavy atom. The normalized spacial score (nSPS) is 25.9. The highest BCUT2D eigenvalue weighted by Gasteiger charge is 2.30. The van der Waals surface area contributed by atoms with Crippen molar-refractivity contribution in [3.8, 4) is 0 Å². The molecule has 1 aliphatic rings. The van der Waals surface area contributed by atoms with Crippen LogP contribution in [0, 0.1) is 5.41 Å². The van der Waals surface area contributed by atoms with Crippen LogP contribution in [0.1, 0.15) is 26.7 Å². The van der Waals surface area contributed by atoms with Crippen molar-refractivity contribution in [3.63, 3.8) is 0 Å². The van der Waals surface area contributed by atoms with Crippen molar-refractivity contribution in [2.75, 3.05) is 0 Å². The molecule has 1 rings (SSSR count). The fourth-order valence-corrected chi connectivity index (χ4v) is 3.26. The third kappa shape index (κ3) is 4.35. The molecular weight excluding hydrogens is 200 g/mol. The fourth-order valence-electron chi connectivity index (χ4n) is 2.20. The quantitative estimate of drug-likeness (QED) is 0.655. The Kier molecular flexibility index (Phi) is 3.62. The Morgan fingerprint density at radius 1 is 1.47 bits per heavy atom. The lowest BCUT2D eigenvalue weighted by molar-refractivity contribution is 0.154. The van der Waals surface area contributed by atoms with Crippen molar-refractivity contribution >= 4 is 8.32 Å². The van der Waals surface area contributed by atoms with Crippen LogP contribution in [-0.2, 0) is 4.43 Å². The molecule has 0 aromatic heterocycles. The molecule has 1 atom stereocenters. The molecular formula is C13H24OSi. The molecule has 0 amide bonds. The molecule has 0 aromatic carbocycles. The maximum absolute atomic E-state index is 6.16. The summed E-state index contributed by atoms with van der Waals surface area (Å²) in [5, 5.41) is 0. The van der Waals surface area contributed by atoms with Gasteiger partial charge in [0.1, 0.15) is 0 Å². The lowest BCUT2D eigenvalue weighted by Crippen LogP contribution is -2.35. The predicted octanol–water partition coefficient (Wildman–Crippen LogP) is 4.14. The Morgan fingerprint density at radius 3 is 2.53 bits per heavy atom. The largest absolute Gasteiger partial charge is 0.411 e. The first-order chi connectivity index (χ1) is 6.72. The average Bonchev–Trinajstić information content (AvgIpc) is 1.97. The maximum Gasteiger partial charge on any atom is 0.184 e. The molecule has 1 unspecified atom stereocenters. The highest BCUT2D eigenvalue weighted by molar-refractivity contribution is 6.69. The van der Waals surface area contributed by atoms with Crippen molar-refractivity contribution in [3.05, 3.63) is 24.3 Å². The van der Waals surface area contributed by atoms with E-state index in [1.54, 1.807) is 0 Å². The highest BCUT2D eigenvalue weighted by atomic mass is 28.4. The second-order valence-corrected chi connectivity index (χ2v) is 10.7. The van der Waals surface area contributed by atoms with Crippen LogP contribution < -0.4 is 0 Å². The van der Waals surface area contributed by atoms with Gasteiger partial charge in [0.25, 0.3) is 0 Å². The van der Waals surface area contributed by atoms with Crippen LogP contribution in [0.3, 0.4) is 0 Å². The standard InChI is InChI=1S/C13H24OSi/c1-7-11-8-12(14-15(4,5)6)10-13(2,3)9-11/h7-8,12H,1,9-10H2,2-6H3. The maximum atomic E-state index is 6.16. The fraction of sp³-hybridized carbons (Fsp3) is 0.692. The van der Waals surface area contributed by atoms with Gasteiger partial charge in [-0.2, -0.15) is 0 Å². The first-order valence-electron chi connectivity index (χ1n) is 5.73. The number of allylic oxidation sites excluding steroid dienone is 2. The third-order valence-electron chi connectivity index (χ3n) is 2.60. The van der Waals surface area contributed by atoms with E-state index in [0.717, 1.165) is 12.8 Å². The molecule has 1 aliphatic carbocycles. The molecule has 1 nitrogen and oxygen atoms in total. The second kappa shape index (κ2) is 4.26. The summed E-state index contributed by atoms with van der Waals surface area (Å²) >= 11 is 0. The Hall–Kier alpha value is -0.343. The van der Waals surface area contributed by atoms with E-state index in [1.807, 2.05) is 6.08 Å². The van der Waals surface area contributed by atoms with Gasteiger partial charge in [0, 0.05) is 0 Å². The summed E-state index contributed by atoms with van der Waals surface area (Å²) < 4.78 is 6.16. The summed E-state index contributed by atoms with van der Waals surface area (Å²) in [5.41, 5.74) is 1.69. The Labute approximate surface area is 95.4 Å². The topological polar surface area (TPSA) is 9.23 Å². The minimum absolute atomic E-state index is 0.299. The molecule has 2 heteroatoms. The van der Waals surface area contributed by atoms with Crippen LogP contribution in [0.5, 0.6) is 0 Å². The van der Waals surface area contributed by atoms with Gasteiger partial charge in [-0.05, 0) is 43.5 Å². The van der Waals surface area contributed by atoms with Crippen molar-refractivity contribution in [2.45, 2.75) is 52.4 Å². The van der Waals surface area contributed by atoms with Gasteiger partial charge in [0.2, 0.25) is 0 Å². The zero-order valence-electron chi connectivity index (χ0n) is 10.8. The zero-order valence-corrected chi connectivity index (χ0v) is 11.8. The van der Waals surface area contributed by atoms with E-state index in [2.05, 4.69) is 46.1 Å². The molecule has 0 fully saturated rings. The van der Waals surface area contributed by atoms with E-state index in [-0.39, 0.29) is 0 Å². The van der Waals surface area contributed by atoms with E-state index in [0.29, 0.717) is 11.5 Å². The van der Waals surface area contributed by atoms with E-state index in [4.69, 9.17) is 4.43 Å². The van der Waals surface area contributed by atoms with Gasteiger partial charge in [0.05, 0.1) is 6.10 Å². The van der Waals surface area contributed by atoms with E-state index in [9.17, 15) is 0 Å². The molecule has 0 aliphatic heterocycles. The van der Waals surface area contributed by atoms with Crippen molar-refractivity contribution < 1.29 is 4.43 Å². The van der Waals surface area contributed by atoms with Crippen molar-refractivity contribution in [1.82, 2.24) is 0 Å². The summed E-state index contributed by atoms with van der Waals surface area (Å²) in [5.74, 6) is 0. The molecule has 0 N–H and O–H groups in total. The van der Waals surface area contributed by atoms with Crippen LogP contribution in [0.4, 0.5) is 0 Å². The van der Waals surface area contributed by atoms with E-state index in [1.165, 1.54) is 5.57 Å². The minimum Gasteiger partial charge on any atom is -0.411 e. The van der Waals surface area contributed by atoms with Gasteiger partial charge >= 0.3 is 0 Å². The zero-order chi connectivity index (χ0) is 11.7. The molecule has 15 heavy (non-hydrogen) atoms. The van der Waals surface area contributed by atoms with Gasteiger partial charge in [-0.15, -0.1) is 0 Å². The first kappa shape index (κ1) is 12.7. The van der Waals surface area contributed by atoms with Crippen LogP contribution in [0.2, 0.25) is 19.6 Å². The molecule has 0 saturated heterocycles. The van der Waals surface area contributed by atoms with Crippen molar-refractivity contribution in [2.24, 2.45) is 5.41 Å². The molecule has 0 radical (unpaired) electrons. The van der Waals surface area contributed by atoms with Crippen LogP contribution in [0.15, 0.2) is 24.3 Å². The van der Waals surface area contributed by atoms with Crippen molar-refractivity contribution in [1.29, 1.82) is 0 Å². The van der Waals surface area contributed by atoms with E-state index < -0.39 is 8.32 Å². The molecule has 0 saturated carbocycles. The Balaban J connectivity index is 2.77. The third-order valence-corrected chi connectivity index (χ3v) is 3.61. The molecule has 86 valence electrons. The minimum atomic E-state index is -1.43. The summed E-state index contributed by atoms with van der Waals surface area (Å²) in [7, 11) is -1.43. The van der Waals surface area contributed by atoms with Gasteiger partial charge in [0.15, 0.2) is 8.32 Å². The highest BCUT2D eigenvalue weighted by Crippen LogP contribution is 2.37. The summed E-state index contributed by atoms with van der Waals surface area (Å²) in [6.07, 6.45) is 6.79. The number of hydrogen-bond donors (Lipinski definition) is 0. The molecule has 0 heterocycles. The lowest BCUT2D eigenvalue weighted by atomic mass is 9.76. The lowest BCUT2D eigenvalue weighted by Gasteiger charge is -2.36. The smallest absolute Gasteiger partial charge is 0.184 e. The second-order valence-electron chi connectivity index (χ2n) is 6.26. The monoisotopic (exact) mass is 224 g/mol. The van der Waals surface area contributed by atoms with Gasteiger partial charge in [-0.25, -0.2) is 0 Å². The molecule has 0 spiro atoms. The molecule has 0 bridgehead atoms. The van der Waals surface area contributed by atoms with Crippen LogP contribution >= 0.6 is 0 Å². The number of hydrogen-bond acceptors (Lipinski definition) is 1. The summed E-state index contributed by atoms with van der Waals surface area (Å²) in [4.78, 5) is 0. The van der Waals surface area contributed by atoms with Crippen LogP contribution in [0.25, 0.3) is 0 Å². The average molecular weight is 224 g/mol. The Bertz CT molecular complexity index is 271. The molecule has 0 aromatic rings. The predicted molar refractivity (Wildman–Crippen MR) is 69.5 cm³/mol. The van der Waals surface area contributed by atoms with Crippen LogP contribution in [-0.4, -0.2) is 14.4 Å². The number of rotatable bonds is 3.